The Hall–Kier alpha value is -1.75. The van der Waals surface area contributed by atoms with Crippen molar-refractivity contribution in [3.05, 3.63) is 23.8 Å². The molecule has 0 saturated heterocycles. The zero-order chi connectivity index (χ0) is 13.4. The van der Waals surface area contributed by atoms with E-state index in [0.29, 0.717) is 13.2 Å². The molecule has 0 saturated carbocycles. The van der Waals surface area contributed by atoms with E-state index in [-0.39, 0.29) is 17.1 Å². The highest BCUT2D eigenvalue weighted by atomic mass is 16.5. The molecule has 0 atom stereocenters. The van der Waals surface area contributed by atoms with E-state index < -0.39 is 5.91 Å². The molecule has 0 aliphatic carbocycles. The monoisotopic (exact) mass is 253 g/mol. The summed E-state index contributed by atoms with van der Waals surface area (Å²) in [7, 11) is 1.66. The maximum atomic E-state index is 11.7. The number of hydrogen-bond donors (Lipinski definition) is 3. The Morgan fingerprint density at radius 1 is 1.22 bits per heavy atom. The van der Waals surface area contributed by atoms with Crippen LogP contribution in [0.25, 0.3) is 0 Å². The number of phenolic OH excluding ortho intramolecular Hbond substituents is 2. The number of carbonyl (C=O) groups excluding carboxylic acids is 1. The lowest BCUT2D eigenvalue weighted by Gasteiger charge is -2.08. The number of ether oxygens (including phenoxy) is 1. The minimum atomic E-state index is -0.461. The van der Waals surface area contributed by atoms with Gasteiger partial charge in [0.2, 0.25) is 0 Å². The number of unbranched alkanes of at least 4 members (excludes halogenated alkanes) is 2. The second-order valence-corrected chi connectivity index (χ2v) is 3.98. The maximum Gasteiger partial charge on any atom is 0.258 e. The fourth-order valence-electron chi connectivity index (χ4n) is 1.60. The van der Waals surface area contributed by atoms with Crippen LogP contribution in [0.15, 0.2) is 18.2 Å². The van der Waals surface area contributed by atoms with Gasteiger partial charge < -0.3 is 20.3 Å². The van der Waals surface area contributed by atoms with Gasteiger partial charge in [0.1, 0.15) is 17.1 Å². The van der Waals surface area contributed by atoms with Gasteiger partial charge in [0.05, 0.1) is 0 Å². The Labute approximate surface area is 106 Å². The summed E-state index contributed by atoms with van der Waals surface area (Å²) in [5.74, 6) is -0.892. The first-order valence-electron chi connectivity index (χ1n) is 5.95. The van der Waals surface area contributed by atoms with Crippen molar-refractivity contribution >= 4 is 5.91 Å². The third-order valence-electron chi connectivity index (χ3n) is 2.56. The van der Waals surface area contributed by atoms with Crippen LogP contribution in [0.1, 0.15) is 29.6 Å². The van der Waals surface area contributed by atoms with Crippen molar-refractivity contribution in [3.8, 4) is 11.5 Å². The van der Waals surface area contributed by atoms with E-state index >= 15 is 0 Å². The molecule has 0 fully saturated rings. The molecule has 3 N–H and O–H groups in total. The highest BCUT2D eigenvalue weighted by Crippen LogP contribution is 2.25. The Kier molecular flexibility index (Phi) is 6.00. The van der Waals surface area contributed by atoms with Crippen molar-refractivity contribution in [1.82, 2.24) is 5.32 Å². The second kappa shape index (κ2) is 7.55. The van der Waals surface area contributed by atoms with Crippen LogP contribution in [0.5, 0.6) is 11.5 Å². The van der Waals surface area contributed by atoms with Crippen molar-refractivity contribution in [2.75, 3.05) is 20.3 Å². The summed E-state index contributed by atoms with van der Waals surface area (Å²) in [6.45, 7) is 1.23. The molecule has 1 aromatic carbocycles. The van der Waals surface area contributed by atoms with Gasteiger partial charge in [0.25, 0.3) is 5.91 Å². The Morgan fingerprint density at radius 3 is 2.50 bits per heavy atom. The van der Waals surface area contributed by atoms with Gasteiger partial charge in [-0.15, -0.1) is 0 Å². The standard InChI is InChI=1S/C13H19NO4/c1-18-9-4-2-3-8-14-13(17)12-10(15)6-5-7-11(12)16/h5-7,15-16H,2-4,8-9H2,1H3,(H,14,17). The van der Waals surface area contributed by atoms with E-state index in [1.807, 2.05) is 0 Å². The van der Waals surface area contributed by atoms with Crippen molar-refractivity contribution in [1.29, 1.82) is 0 Å². The molecule has 0 unspecified atom stereocenters. The summed E-state index contributed by atoms with van der Waals surface area (Å²) < 4.78 is 4.92. The first kappa shape index (κ1) is 14.3. The van der Waals surface area contributed by atoms with Gasteiger partial charge in [-0.3, -0.25) is 4.79 Å². The third-order valence-corrected chi connectivity index (χ3v) is 2.56. The average molecular weight is 253 g/mol. The number of nitrogens with one attached hydrogen (secondary N) is 1. The van der Waals surface area contributed by atoms with E-state index in [9.17, 15) is 15.0 Å². The number of aromatic hydroxyl groups is 2. The molecule has 5 heteroatoms. The van der Waals surface area contributed by atoms with Gasteiger partial charge in [-0.2, -0.15) is 0 Å². The van der Waals surface area contributed by atoms with Crippen LogP contribution < -0.4 is 5.32 Å². The van der Waals surface area contributed by atoms with Crippen LogP contribution in [0.3, 0.4) is 0 Å². The number of benzene rings is 1. The maximum absolute atomic E-state index is 11.7. The molecule has 0 aliphatic rings. The topological polar surface area (TPSA) is 78.8 Å². The first-order valence-corrected chi connectivity index (χ1v) is 5.95. The van der Waals surface area contributed by atoms with Crippen LogP contribution in [-0.4, -0.2) is 36.4 Å². The van der Waals surface area contributed by atoms with E-state index in [2.05, 4.69) is 5.32 Å². The fourth-order valence-corrected chi connectivity index (χ4v) is 1.60. The number of hydrogen-bond acceptors (Lipinski definition) is 4. The average Bonchev–Trinajstić information content (AvgIpc) is 2.33. The summed E-state index contributed by atoms with van der Waals surface area (Å²) in [5.41, 5.74) is -0.0746. The first-order chi connectivity index (χ1) is 8.66. The molecule has 100 valence electrons. The lowest BCUT2D eigenvalue weighted by Crippen LogP contribution is -2.24. The van der Waals surface area contributed by atoms with Gasteiger partial charge >= 0.3 is 0 Å². The van der Waals surface area contributed by atoms with Crippen molar-refractivity contribution in [2.24, 2.45) is 0 Å². The van der Waals surface area contributed by atoms with Gasteiger partial charge in [-0.1, -0.05) is 6.07 Å². The number of amides is 1. The molecular weight excluding hydrogens is 234 g/mol. The van der Waals surface area contributed by atoms with Gasteiger partial charge in [-0.05, 0) is 31.4 Å². The Bertz CT molecular complexity index is 372. The van der Waals surface area contributed by atoms with Gasteiger partial charge in [-0.25, -0.2) is 0 Å². The van der Waals surface area contributed by atoms with E-state index in [1.165, 1.54) is 18.2 Å². The van der Waals surface area contributed by atoms with Crippen LogP contribution in [0.2, 0.25) is 0 Å². The molecular formula is C13H19NO4. The highest BCUT2D eigenvalue weighted by molar-refractivity contribution is 5.99. The van der Waals surface area contributed by atoms with Crippen LogP contribution in [0.4, 0.5) is 0 Å². The summed E-state index contributed by atoms with van der Waals surface area (Å²) in [6, 6.07) is 4.21. The lowest BCUT2D eigenvalue weighted by molar-refractivity contribution is 0.0947. The van der Waals surface area contributed by atoms with Crippen LogP contribution in [-0.2, 0) is 4.74 Å². The predicted molar refractivity (Wildman–Crippen MR) is 67.8 cm³/mol. The number of carbonyl (C=O) groups is 1. The molecule has 0 heterocycles. The second-order valence-electron chi connectivity index (χ2n) is 3.98. The number of methoxy groups -OCH3 is 1. The third kappa shape index (κ3) is 4.25. The quantitative estimate of drug-likeness (QED) is 0.645. The van der Waals surface area contributed by atoms with E-state index in [0.717, 1.165) is 19.3 Å². The largest absolute Gasteiger partial charge is 0.507 e. The Morgan fingerprint density at radius 2 is 1.89 bits per heavy atom. The smallest absolute Gasteiger partial charge is 0.258 e. The lowest BCUT2D eigenvalue weighted by atomic mass is 10.1. The SMILES string of the molecule is COCCCCCNC(=O)c1c(O)cccc1O. The molecule has 0 aliphatic heterocycles. The fraction of sp³-hybridized carbons (Fsp3) is 0.462. The number of phenols is 2. The molecule has 0 aromatic heterocycles. The highest BCUT2D eigenvalue weighted by Gasteiger charge is 2.14. The summed E-state index contributed by atoms with van der Waals surface area (Å²) >= 11 is 0. The summed E-state index contributed by atoms with van der Waals surface area (Å²) in [5, 5.41) is 21.7. The molecule has 0 bridgehead atoms. The zero-order valence-corrected chi connectivity index (χ0v) is 10.5. The molecule has 18 heavy (non-hydrogen) atoms. The molecule has 5 nitrogen and oxygen atoms in total. The summed E-state index contributed by atoms with van der Waals surface area (Å²) in [6.07, 6.45) is 2.75. The van der Waals surface area contributed by atoms with E-state index in [4.69, 9.17) is 4.74 Å². The zero-order valence-electron chi connectivity index (χ0n) is 10.5. The van der Waals surface area contributed by atoms with Crippen LogP contribution >= 0.6 is 0 Å². The van der Waals surface area contributed by atoms with Crippen molar-refractivity contribution < 1.29 is 19.7 Å². The molecule has 1 amide bonds. The van der Waals surface area contributed by atoms with Gasteiger partial charge in [0.15, 0.2) is 0 Å². The molecule has 1 rings (SSSR count). The normalized spacial score (nSPS) is 10.3. The van der Waals surface area contributed by atoms with Gasteiger partial charge in [0, 0.05) is 20.3 Å². The number of rotatable bonds is 7. The van der Waals surface area contributed by atoms with E-state index in [1.54, 1.807) is 7.11 Å². The minimum absolute atomic E-state index is 0.0746. The molecule has 0 spiro atoms. The van der Waals surface area contributed by atoms with Crippen molar-refractivity contribution in [3.63, 3.8) is 0 Å². The van der Waals surface area contributed by atoms with Crippen LogP contribution in [0, 0.1) is 0 Å². The predicted octanol–water partition coefficient (Wildman–Crippen LogP) is 1.64. The molecule has 1 aromatic rings. The summed E-state index contributed by atoms with van der Waals surface area (Å²) in [4.78, 5) is 11.7. The Balaban J connectivity index is 2.37. The van der Waals surface area contributed by atoms with Crippen molar-refractivity contribution in [2.45, 2.75) is 19.3 Å². The minimum Gasteiger partial charge on any atom is -0.507 e. The molecule has 0 radical (unpaired) electrons.